The highest BCUT2D eigenvalue weighted by molar-refractivity contribution is 9.09. The number of H-pyrrole nitrogens is 1. The Hall–Kier alpha value is -1.17. The largest absolute Gasteiger partial charge is 0.350 e. The van der Waals surface area contributed by atoms with Gasteiger partial charge in [-0.25, -0.2) is 5.10 Å². The lowest BCUT2D eigenvalue weighted by Crippen LogP contribution is -2.35. The van der Waals surface area contributed by atoms with Gasteiger partial charge in [0.15, 0.2) is 0 Å². The Kier molecular flexibility index (Phi) is 4.86. The normalized spacial score (nSPS) is 11.2. The van der Waals surface area contributed by atoms with E-state index in [9.17, 15) is 9.59 Å². The third-order valence-electron chi connectivity index (χ3n) is 2.41. The molecule has 6 heteroatoms. The highest BCUT2D eigenvalue weighted by atomic mass is 79.9. The lowest BCUT2D eigenvalue weighted by molar-refractivity contribution is 0.0930. The average Bonchev–Trinajstić information content (AvgIpc) is 2.27. The lowest BCUT2D eigenvalue weighted by atomic mass is 9.90. The van der Waals surface area contributed by atoms with Gasteiger partial charge < -0.3 is 5.32 Å². The number of aromatic amines is 1. The molecule has 0 aromatic carbocycles. The summed E-state index contributed by atoms with van der Waals surface area (Å²) in [7, 11) is 0. The third kappa shape index (κ3) is 4.68. The minimum Gasteiger partial charge on any atom is -0.350 e. The Bertz CT molecular complexity index is 422. The maximum absolute atomic E-state index is 11.7. The van der Waals surface area contributed by atoms with Gasteiger partial charge in [-0.3, -0.25) is 9.59 Å². The van der Waals surface area contributed by atoms with Gasteiger partial charge in [0.1, 0.15) is 5.69 Å². The van der Waals surface area contributed by atoms with Gasteiger partial charge in [-0.05, 0) is 17.9 Å². The van der Waals surface area contributed by atoms with Crippen LogP contribution in [0, 0.1) is 5.41 Å². The Balaban J connectivity index is 2.55. The zero-order valence-corrected chi connectivity index (χ0v) is 11.5. The second-order valence-corrected chi connectivity index (χ2v) is 5.39. The second-order valence-electron chi connectivity index (χ2n) is 4.59. The summed E-state index contributed by atoms with van der Waals surface area (Å²) in [5, 5.41) is 9.59. The molecule has 0 saturated carbocycles. The Morgan fingerprint density at radius 1 is 1.53 bits per heavy atom. The Morgan fingerprint density at radius 3 is 2.76 bits per heavy atom. The van der Waals surface area contributed by atoms with Gasteiger partial charge in [-0.2, -0.15) is 5.10 Å². The number of alkyl halides is 1. The van der Waals surface area contributed by atoms with E-state index >= 15 is 0 Å². The summed E-state index contributed by atoms with van der Waals surface area (Å²) < 4.78 is 0. The molecule has 0 aliphatic rings. The van der Waals surface area contributed by atoms with E-state index in [0.29, 0.717) is 6.54 Å². The summed E-state index contributed by atoms with van der Waals surface area (Å²) in [5.41, 5.74) is -0.0677. The number of rotatable bonds is 5. The van der Waals surface area contributed by atoms with E-state index in [1.54, 1.807) is 0 Å². The van der Waals surface area contributed by atoms with Crippen molar-refractivity contribution in [2.24, 2.45) is 5.41 Å². The zero-order valence-electron chi connectivity index (χ0n) is 9.92. The molecule has 0 bridgehead atoms. The molecule has 0 radical (unpaired) electrons. The van der Waals surface area contributed by atoms with E-state index in [2.05, 4.69) is 45.3 Å². The highest BCUT2D eigenvalue weighted by Gasteiger charge is 2.18. The van der Waals surface area contributed by atoms with Crippen LogP contribution in [0.25, 0.3) is 0 Å². The SMILES string of the molecule is CC(C)(CCBr)CNC(=O)c1ccc(=O)[nH]n1. The summed E-state index contributed by atoms with van der Waals surface area (Å²) in [4.78, 5) is 22.5. The molecule has 0 saturated heterocycles. The number of amides is 1. The Morgan fingerprint density at radius 2 is 2.24 bits per heavy atom. The van der Waals surface area contributed by atoms with Gasteiger partial charge in [0, 0.05) is 17.9 Å². The number of nitrogens with one attached hydrogen (secondary N) is 2. The van der Waals surface area contributed by atoms with E-state index in [0.717, 1.165) is 11.8 Å². The Labute approximate surface area is 108 Å². The maximum atomic E-state index is 11.7. The van der Waals surface area contributed by atoms with E-state index in [1.807, 2.05) is 0 Å². The van der Waals surface area contributed by atoms with Crippen LogP contribution < -0.4 is 10.9 Å². The number of hydrogen-bond donors (Lipinski definition) is 2. The van der Waals surface area contributed by atoms with Gasteiger partial charge >= 0.3 is 0 Å². The molecular weight excluding hydrogens is 286 g/mol. The van der Waals surface area contributed by atoms with Crippen molar-refractivity contribution >= 4 is 21.8 Å². The molecule has 17 heavy (non-hydrogen) atoms. The number of hydrogen-bond acceptors (Lipinski definition) is 3. The van der Waals surface area contributed by atoms with Crippen LogP contribution in [0.15, 0.2) is 16.9 Å². The van der Waals surface area contributed by atoms with Gasteiger partial charge in [-0.1, -0.05) is 29.8 Å². The van der Waals surface area contributed by atoms with Gasteiger partial charge in [-0.15, -0.1) is 0 Å². The molecule has 94 valence electrons. The first-order chi connectivity index (χ1) is 7.94. The molecule has 1 rings (SSSR count). The average molecular weight is 302 g/mol. The molecule has 1 aromatic heterocycles. The van der Waals surface area contributed by atoms with Crippen molar-refractivity contribution in [1.82, 2.24) is 15.5 Å². The first-order valence-electron chi connectivity index (χ1n) is 5.34. The molecule has 1 heterocycles. The number of carbonyl (C=O) groups excluding carboxylic acids is 1. The topological polar surface area (TPSA) is 74.8 Å². The predicted molar refractivity (Wildman–Crippen MR) is 69.4 cm³/mol. The first kappa shape index (κ1) is 13.9. The van der Waals surface area contributed by atoms with E-state index in [4.69, 9.17) is 0 Å². The number of nitrogens with zero attached hydrogens (tertiary/aromatic N) is 1. The quantitative estimate of drug-likeness (QED) is 0.805. The summed E-state index contributed by atoms with van der Waals surface area (Å²) in [6, 6.07) is 2.69. The summed E-state index contributed by atoms with van der Waals surface area (Å²) in [6.07, 6.45) is 0.965. The molecule has 0 unspecified atom stereocenters. The van der Waals surface area contributed by atoms with Crippen molar-refractivity contribution in [2.75, 3.05) is 11.9 Å². The van der Waals surface area contributed by atoms with Gasteiger partial charge in [0.25, 0.3) is 11.5 Å². The number of halogens is 1. The summed E-state index contributed by atoms with van der Waals surface area (Å²) in [5.74, 6) is -0.274. The van der Waals surface area contributed by atoms with E-state index in [-0.39, 0.29) is 22.6 Å². The standard InChI is InChI=1S/C11H16BrN3O2/c1-11(2,5-6-12)7-13-10(17)8-3-4-9(16)15-14-8/h3-4H,5-7H2,1-2H3,(H,13,17)(H,15,16). The lowest BCUT2D eigenvalue weighted by Gasteiger charge is -2.23. The van der Waals surface area contributed by atoms with Gasteiger partial charge in [0.2, 0.25) is 0 Å². The van der Waals surface area contributed by atoms with Crippen molar-refractivity contribution in [3.8, 4) is 0 Å². The van der Waals surface area contributed by atoms with Crippen molar-refractivity contribution in [3.63, 3.8) is 0 Å². The van der Waals surface area contributed by atoms with E-state index in [1.165, 1.54) is 12.1 Å². The fourth-order valence-electron chi connectivity index (χ4n) is 1.23. The smallest absolute Gasteiger partial charge is 0.271 e. The van der Waals surface area contributed by atoms with Crippen LogP contribution in [0.4, 0.5) is 0 Å². The van der Waals surface area contributed by atoms with Crippen LogP contribution in [0.3, 0.4) is 0 Å². The molecule has 1 amide bonds. The first-order valence-corrected chi connectivity index (χ1v) is 6.47. The summed E-state index contributed by atoms with van der Waals surface area (Å²) >= 11 is 3.38. The van der Waals surface area contributed by atoms with Crippen LogP contribution >= 0.6 is 15.9 Å². The molecule has 1 aromatic rings. The van der Waals surface area contributed by atoms with Crippen LogP contribution in [0.1, 0.15) is 30.8 Å². The third-order valence-corrected chi connectivity index (χ3v) is 2.81. The number of carbonyl (C=O) groups is 1. The fraction of sp³-hybridized carbons (Fsp3) is 0.545. The van der Waals surface area contributed by atoms with Crippen LogP contribution in [-0.4, -0.2) is 28.0 Å². The molecule has 2 N–H and O–H groups in total. The molecule has 0 aliphatic carbocycles. The molecule has 0 atom stereocenters. The van der Waals surface area contributed by atoms with Gasteiger partial charge in [0.05, 0.1) is 0 Å². The minimum absolute atomic E-state index is 0.0291. The number of aromatic nitrogens is 2. The second kappa shape index (κ2) is 5.95. The van der Waals surface area contributed by atoms with E-state index < -0.39 is 0 Å². The molecule has 0 spiro atoms. The zero-order chi connectivity index (χ0) is 12.9. The maximum Gasteiger partial charge on any atom is 0.271 e. The molecular formula is C11H16BrN3O2. The van der Waals surface area contributed by atoms with Crippen molar-refractivity contribution in [1.29, 1.82) is 0 Å². The van der Waals surface area contributed by atoms with Crippen LogP contribution in [0.5, 0.6) is 0 Å². The monoisotopic (exact) mass is 301 g/mol. The molecule has 5 nitrogen and oxygen atoms in total. The molecule has 0 aliphatic heterocycles. The summed E-state index contributed by atoms with van der Waals surface area (Å²) in [6.45, 7) is 4.72. The van der Waals surface area contributed by atoms with Crippen LogP contribution in [-0.2, 0) is 0 Å². The van der Waals surface area contributed by atoms with Crippen molar-refractivity contribution in [3.05, 3.63) is 28.2 Å². The van der Waals surface area contributed by atoms with Crippen molar-refractivity contribution in [2.45, 2.75) is 20.3 Å². The van der Waals surface area contributed by atoms with Crippen molar-refractivity contribution < 1.29 is 4.79 Å². The van der Waals surface area contributed by atoms with Crippen LogP contribution in [0.2, 0.25) is 0 Å². The molecule has 0 fully saturated rings. The fourth-order valence-corrected chi connectivity index (χ4v) is 2.30. The minimum atomic E-state index is -0.318. The predicted octanol–water partition coefficient (Wildman–Crippen LogP) is 1.31. The highest BCUT2D eigenvalue weighted by Crippen LogP contribution is 2.19.